The summed E-state index contributed by atoms with van der Waals surface area (Å²) in [6.07, 6.45) is 4.67. The van der Waals surface area contributed by atoms with Crippen molar-refractivity contribution in [3.63, 3.8) is 0 Å². The maximum absolute atomic E-state index is 13.8. The second-order valence-corrected chi connectivity index (χ2v) is 10.1. The minimum Gasteiger partial charge on any atom is -0.361 e. The van der Waals surface area contributed by atoms with Gasteiger partial charge >= 0.3 is 0 Å². The van der Waals surface area contributed by atoms with E-state index in [2.05, 4.69) is 17.1 Å². The predicted molar refractivity (Wildman–Crippen MR) is 152 cm³/mol. The molecule has 4 aromatic carbocycles. The summed E-state index contributed by atoms with van der Waals surface area (Å²) < 4.78 is 0. The fourth-order valence-corrected chi connectivity index (χ4v) is 5.18. The van der Waals surface area contributed by atoms with Crippen molar-refractivity contribution in [3.05, 3.63) is 120 Å². The molecule has 1 aliphatic rings. The molecule has 190 valence electrons. The van der Waals surface area contributed by atoms with Crippen LogP contribution in [0.25, 0.3) is 21.7 Å². The number of rotatable bonds is 9. The maximum Gasteiger partial charge on any atom is 0.254 e. The van der Waals surface area contributed by atoms with Gasteiger partial charge in [0.05, 0.1) is 0 Å². The quantitative estimate of drug-likeness (QED) is 0.262. The largest absolute Gasteiger partial charge is 0.361 e. The summed E-state index contributed by atoms with van der Waals surface area (Å²) >= 11 is 0. The molecule has 5 heteroatoms. The highest BCUT2D eigenvalue weighted by atomic mass is 16.2. The Hall–Kier alpha value is -4.38. The molecule has 38 heavy (non-hydrogen) atoms. The zero-order chi connectivity index (χ0) is 25.9. The number of hydrogen-bond donors (Lipinski definition) is 1. The Balaban J connectivity index is 1.22. The number of aromatic nitrogens is 1. The third kappa shape index (κ3) is 5.18. The molecule has 0 spiro atoms. The lowest BCUT2D eigenvalue weighted by Gasteiger charge is -2.28. The molecule has 0 atom stereocenters. The number of hydrogen-bond acceptors (Lipinski definition) is 2. The molecule has 5 nitrogen and oxygen atoms in total. The van der Waals surface area contributed by atoms with Crippen LogP contribution in [0.2, 0.25) is 0 Å². The summed E-state index contributed by atoms with van der Waals surface area (Å²) in [7, 11) is 0. The van der Waals surface area contributed by atoms with Crippen LogP contribution >= 0.6 is 0 Å². The van der Waals surface area contributed by atoms with E-state index in [1.54, 1.807) is 4.90 Å². The van der Waals surface area contributed by atoms with Crippen molar-refractivity contribution in [1.82, 2.24) is 14.8 Å². The van der Waals surface area contributed by atoms with Gasteiger partial charge in [0, 0.05) is 41.8 Å². The SMILES string of the molecule is O=C(CN(C(=O)c1ccc2ccccc2c1)C1CC1)N(CCc1c[nH]c2ccccc12)Cc1ccccc1. The Morgan fingerprint density at radius 2 is 1.55 bits per heavy atom. The molecule has 0 saturated heterocycles. The molecule has 5 aromatic rings. The van der Waals surface area contributed by atoms with E-state index < -0.39 is 0 Å². The first-order chi connectivity index (χ1) is 18.7. The van der Waals surface area contributed by atoms with Gasteiger partial charge in [-0.2, -0.15) is 0 Å². The van der Waals surface area contributed by atoms with Crippen LogP contribution in [0.1, 0.15) is 34.3 Å². The van der Waals surface area contributed by atoms with E-state index in [1.807, 2.05) is 96.0 Å². The number of benzene rings is 4. The average Bonchev–Trinajstić information content (AvgIpc) is 3.73. The first-order valence-electron chi connectivity index (χ1n) is 13.3. The van der Waals surface area contributed by atoms with Gasteiger partial charge in [-0.25, -0.2) is 0 Å². The van der Waals surface area contributed by atoms with Gasteiger partial charge in [-0.05, 0) is 59.4 Å². The zero-order valence-electron chi connectivity index (χ0n) is 21.3. The number of nitrogens with one attached hydrogen (secondary N) is 1. The lowest BCUT2D eigenvalue weighted by molar-refractivity contribution is -0.132. The van der Waals surface area contributed by atoms with E-state index in [-0.39, 0.29) is 24.4 Å². The van der Waals surface area contributed by atoms with Crippen molar-refractivity contribution in [2.75, 3.05) is 13.1 Å². The summed E-state index contributed by atoms with van der Waals surface area (Å²) in [5, 5.41) is 3.32. The Labute approximate surface area is 222 Å². The van der Waals surface area contributed by atoms with Crippen molar-refractivity contribution >= 4 is 33.5 Å². The molecule has 1 heterocycles. The number of carbonyl (C=O) groups is 2. The molecule has 1 fully saturated rings. The molecule has 1 N–H and O–H groups in total. The van der Waals surface area contributed by atoms with Gasteiger partial charge in [0.2, 0.25) is 5.91 Å². The number of para-hydroxylation sites is 1. The topological polar surface area (TPSA) is 56.4 Å². The van der Waals surface area contributed by atoms with Gasteiger partial charge in [0.15, 0.2) is 0 Å². The van der Waals surface area contributed by atoms with Crippen molar-refractivity contribution in [1.29, 1.82) is 0 Å². The van der Waals surface area contributed by atoms with Crippen molar-refractivity contribution in [3.8, 4) is 0 Å². The van der Waals surface area contributed by atoms with Crippen molar-refractivity contribution < 1.29 is 9.59 Å². The van der Waals surface area contributed by atoms with E-state index in [9.17, 15) is 9.59 Å². The smallest absolute Gasteiger partial charge is 0.254 e. The van der Waals surface area contributed by atoms with Gasteiger partial charge in [0.25, 0.3) is 5.91 Å². The third-order valence-corrected chi connectivity index (χ3v) is 7.45. The van der Waals surface area contributed by atoms with E-state index >= 15 is 0 Å². The van der Waals surface area contributed by atoms with Crippen LogP contribution in [0.3, 0.4) is 0 Å². The molecule has 0 bridgehead atoms. The van der Waals surface area contributed by atoms with Crippen molar-refractivity contribution in [2.24, 2.45) is 0 Å². The number of fused-ring (bicyclic) bond motifs is 2. The molecule has 0 radical (unpaired) electrons. The van der Waals surface area contributed by atoms with Gasteiger partial charge in [-0.1, -0.05) is 78.9 Å². The summed E-state index contributed by atoms with van der Waals surface area (Å²) in [6.45, 7) is 1.19. The van der Waals surface area contributed by atoms with Crippen LogP contribution in [0, 0.1) is 0 Å². The molecule has 0 aliphatic heterocycles. The Morgan fingerprint density at radius 3 is 2.37 bits per heavy atom. The zero-order valence-corrected chi connectivity index (χ0v) is 21.3. The van der Waals surface area contributed by atoms with Crippen LogP contribution < -0.4 is 0 Å². The van der Waals surface area contributed by atoms with Gasteiger partial charge in [0.1, 0.15) is 6.54 Å². The first-order valence-corrected chi connectivity index (χ1v) is 13.3. The molecular formula is C33H31N3O2. The monoisotopic (exact) mass is 501 g/mol. The second-order valence-electron chi connectivity index (χ2n) is 10.1. The van der Waals surface area contributed by atoms with E-state index in [1.165, 1.54) is 10.9 Å². The molecule has 0 unspecified atom stereocenters. The van der Waals surface area contributed by atoms with E-state index in [0.717, 1.165) is 41.1 Å². The summed E-state index contributed by atoms with van der Waals surface area (Å²) in [4.78, 5) is 34.4. The average molecular weight is 502 g/mol. The van der Waals surface area contributed by atoms with Crippen LogP contribution in [0.4, 0.5) is 0 Å². The number of amides is 2. The fraction of sp³-hybridized carbons (Fsp3) is 0.212. The van der Waals surface area contributed by atoms with Crippen LogP contribution in [0.15, 0.2) is 103 Å². The Kier molecular flexibility index (Phi) is 6.65. The van der Waals surface area contributed by atoms with E-state index in [0.29, 0.717) is 18.7 Å². The normalized spacial score (nSPS) is 13.1. The number of H-pyrrole nitrogens is 1. The molecule has 1 aliphatic carbocycles. The van der Waals surface area contributed by atoms with E-state index in [4.69, 9.17) is 0 Å². The highest BCUT2D eigenvalue weighted by molar-refractivity contribution is 6.00. The summed E-state index contributed by atoms with van der Waals surface area (Å²) in [6, 6.07) is 32.3. The van der Waals surface area contributed by atoms with Crippen LogP contribution in [0.5, 0.6) is 0 Å². The standard InChI is InChI=1S/C33H31N3O2/c37-32(23-36(29-16-17-29)33(38)27-15-14-25-10-4-5-11-26(25)20-27)35(22-24-8-2-1-3-9-24)19-18-28-21-34-31-13-7-6-12-30(28)31/h1-15,20-21,29,34H,16-19,22-23H2. The minimum absolute atomic E-state index is 0.0188. The summed E-state index contributed by atoms with van der Waals surface area (Å²) in [5.74, 6) is -0.0855. The molecule has 2 amide bonds. The van der Waals surface area contributed by atoms with Gasteiger partial charge in [-0.15, -0.1) is 0 Å². The molecular weight excluding hydrogens is 470 g/mol. The Bertz CT molecular complexity index is 1590. The first kappa shape index (κ1) is 24.0. The highest BCUT2D eigenvalue weighted by Crippen LogP contribution is 2.29. The highest BCUT2D eigenvalue weighted by Gasteiger charge is 2.35. The van der Waals surface area contributed by atoms with Crippen LogP contribution in [-0.4, -0.2) is 45.7 Å². The molecule has 1 saturated carbocycles. The lowest BCUT2D eigenvalue weighted by atomic mass is 10.1. The van der Waals surface area contributed by atoms with Gasteiger partial charge in [-0.3, -0.25) is 9.59 Å². The second kappa shape index (κ2) is 10.5. The van der Waals surface area contributed by atoms with Gasteiger partial charge < -0.3 is 14.8 Å². The van der Waals surface area contributed by atoms with Crippen LogP contribution in [-0.2, 0) is 17.8 Å². The van der Waals surface area contributed by atoms with Crippen molar-refractivity contribution in [2.45, 2.75) is 31.8 Å². The number of nitrogens with zero attached hydrogens (tertiary/aromatic N) is 2. The third-order valence-electron chi connectivity index (χ3n) is 7.45. The summed E-state index contributed by atoms with van der Waals surface area (Å²) in [5.41, 5.74) is 4.01. The molecule has 1 aromatic heterocycles. The number of carbonyl (C=O) groups excluding carboxylic acids is 2. The Morgan fingerprint density at radius 1 is 0.816 bits per heavy atom. The lowest BCUT2D eigenvalue weighted by Crippen LogP contribution is -2.44. The maximum atomic E-state index is 13.8. The minimum atomic E-state index is -0.0668. The fourth-order valence-electron chi connectivity index (χ4n) is 5.18. The molecule has 6 rings (SSSR count). The number of aromatic amines is 1. The predicted octanol–water partition coefficient (Wildman–Crippen LogP) is 6.20.